The van der Waals surface area contributed by atoms with Gasteiger partial charge in [-0.15, -0.1) is 0 Å². The molecule has 0 heterocycles. The third-order valence-electron chi connectivity index (χ3n) is 3.98. The quantitative estimate of drug-likeness (QED) is 0.450. The minimum absolute atomic E-state index is 0.0169. The van der Waals surface area contributed by atoms with Crippen LogP contribution in [0.3, 0.4) is 0 Å². The Bertz CT molecular complexity index is 1130. The van der Waals surface area contributed by atoms with Gasteiger partial charge in [-0.25, -0.2) is 8.42 Å². The molecule has 0 unspecified atom stereocenters. The van der Waals surface area contributed by atoms with Gasteiger partial charge in [-0.3, -0.25) is 14.8 Å². The number of non-ortho nitro benzene ring substituents is 1. The van der Waals surface area contributed by atoms with Gasteiger partial charge in [0.2, 0.25) is 0 Å². The Labute approximate surface area is 167 Å². The second-order valence-corrected chi connectivity index (χ2v) is 7.85. The molecule has 29 heavy (non-hydrogen) atoms. The molecule has 0 saturated carbocycles. The number of methoxy groups -OCH3 is 1. The summed E-state index contributed by atoms with van der Waals surface area (Å²) in [6.45, 7) is 1.84. The first-order chi connectivity index (χ1) is 13.8. The Kier molecular flexibility index (Phi) is 5.69. The number of sulfonamides is 1. The van der Waals surface area contributed by atoms with Crippen LogP contribution >= 0.6 is 0 Å². The Hall–Kier alpha value is -3.59. The van der Waals surface area contributed by atoms with Crippen molar-refractivity contribution in [2.75, 3.05) is 11.8 Å². The number of nitrogens with one attached hydrogen (secondary N) is 1. The number of rotatable bonds is 7. The predicted octanol–water partition coefficient (Wildman–Crippen LogP) is 4.50. The fourth-order valence-corrected chi connectivity index (χ4v) is 3.56. The summed E-state index contributed by atoms with van der Waals surface area (Å²) >= 11 is 0. The lowest BCUT2D eigenvalue weighted by Gasteiger charge is -2.11. The fraction of sp³-hybridized carbons (Fsp3) is 0.100. The maximum absolute atomic E-state index is 12.6. The van der Waals surface area contributed by atoms with Gasteiger partial charge in [-0.1, -0.05) is 17.7 Å². The molecule has 0 amide bonds. The van der Waals surface area contributed by atoms with Crippen LogP contribution in [-0.2, 0) is 10.0 Å². The zero-order valence-corrected chi connectivity index (χ0v) is 16.5. The largest absolute Gasteiger partial charge is 0.497 e. The lowest BCUT2D eigenvalue weighted by Crippen LogP contribution is -2.13. The van der Waals surface area contributed by atoms with Crippen LogP contribution in [0.15, 0.2) is 71.6 Å². The number of aryl methyl sites for hydroxylation is 1. The highest BCUT2D eigenvalue weighted by molar-refractivity contribution is 7.92. The van der Waals surface area contributed by atoms with Crippen LogP contribution in [0.4, 0.5) is 11.4 Å². The minimum Gasteiger partial charge on any atom is -0.497 e. The van der Waals surface area contributed by atoms with E-state index < -0.39 is 14.9 Å². The molecule has 0 atom stereocenters. The molecule has 0 saturated heterocycles. The van der Waals surface area contributed by atoms with Gasteiger partial charge in [0.05, 0.1) is 28.7 Å². The molecule has 3 rings (SSSR count). The lowest BCUT2D eigenvalue weighted by molar-refractivity contribution is -0.384. The van der Waals surface area contributed by atoms with Crippen molar-refractivity contribution >= 4 is 21.4 Å². The topological polar surface area (TPSA) is 108 Å². The predicted molar refractivity (Wildman–Crippen MR) is 108 cm³/mol. The van der Waals surface area contributed by atoms with Crippen LogP contribution in [0.25, 0.3) is 0 Å². The zero-order chi connectivity index (χ0) is 21.0. The third kappa shape index (κ3) is 5.02. The van der Waals surface area contributed by atoms with Gasteiger partial charge in [0.25, 0.3) is 15.7 Å². The molecule has 8 nitrogen and oxygen atoms in total. The van der Waals surface area contributed by atoms with Crippen molar-refractivity contribution < 1.29 is 22.8 Å². The molecular weight excluding hydrogens is 396 g/mol. The number of nitro benzene ring substituents is 1. The van der Waals surface area contributed by atoms with E-state index in [1.807, 2.05) is 6.92 Å². The maximum Gasteiger partial charge on any atom is 0.275 e. The smallest absolute Gasteiger partial charge is 0.275 e. The average Bonchev–Trinajstić information content (AvgIpc) is 2.68. The Morgan fingerprint density at radius 1 is 0.897 bits per heavy atom. The molecule has 0 bridgehead atoms. The average molecular weight is 414 g/mol. The number of hydrogen-bond acceptors (Lipinski definition) is 6. The van der Waals surface area contributed by atoms with E-state index in [-0.39, 0.29) is 22.0 Å². The van der Waals surface area contributed by atoms with Gasteiger partial charge in [0, 0.05) is 12.1 Å². The van der Waals surface area contributed by atoms with E-state index in [4.69, 9.17) is 9.47 Å². The number of anilines is 1. The molecule has 0 aliphatic heterocycles. The molecule has 150 valence electrons. The van der Waals surface area contributed by atoms with Crippen molar-refractivity contribution in [1.82, 2.24) is 0 Å². The summed E-state index contributed by atoms with van der Waals surface area (Å²) in [4.78, 5) is 10.7. The highest BCUT2D eigenvalue weighted by Crippen LogP contribution is 2.31. The summed E-state index contributed by atoms with van der Waals surface area (Å²) in [6.07, 6.45) is 0. The Morgan fingerprint density at radius 3 is 2.10 bits per heavy atom. The van der Waals surface area contributed by atoms with Gasteiger partial charge >= 0.3 is 0 Å². The first-order valence-corrected chi connectivity index (χ1v) is 9.96. The van der Waals surface area contributed by atoms with Crippen LogP contribution < -0.4 is 14.2 Å². The van der Waals surface area contributed by atoms with E-state index in [1.54, 1.807) is 36.4 Å². The normalized spacial score (nSPS) is 11.0. The minimum atomic E-state index is -3.92. The van der Waals surface area contributed by atoms with Crippen molar-refractivity contribution in [3.8, 4) is 17.2 Å². The molecule has 9 heteroatoms. The molecule has 0 fully saturated rings. The molecular formula is C20H18N2O6S. The fourth-order valence-electron chi connectivity index (χ4n) is 2.52. The summed E-state index contributed by atoms with van der Waals surface area (Å²) in [5.74, 6) is 1.16. The summed E-state index contributed by atoms with van der Waals surface area (Å²) in [6, 6.07) is 16.6. The van der Waals surface area contributed by atoms with Crippen LogP contribution in [0.2, 0.25) is 0 Å². The van der Waals surface area contributed by atoms with Crippen molar-refractivity contribution in [2.45, 2.75) is 11.8 Å². The first-order valence-electron chi connectivity index (χ1n) is 8.48. The molecule has 0 aromatic heterocycles. The van der Waals surface area contributed by atoms with Crippen molar-refractivity contribution in [1.29, 1.82) is 0 Å². The van der Waals surface area contributed by atoms with E-state index in [0.29, 0.717) is 11.5 Å². The molecule has 1 N–H and O–H groups in total. The van der Waals surface area contributed by atoms with E-state index in [1.165, 1.54) is 31.4 Å². The third-order valence-corrected chi connectivity index (χ3v) is 5.38. The van der Waals surface area contributed by atoms with Crippen LogP contribution in [0.5, 0.6) is 17.2 Å². The summed E-state index contributed by atoms with van der Waals surface area (Å²) in [7, 11) is -2.39. The van der Waals surface area contributed by atoms with E-state index in [0.717, 1.165) is 11.6 Å². The van der Waals surface area contributed by atoms with Crippen LogP contribution in [-0.4, -0.2) is 20.5 Å². The number of nitro groups is 1. The van der Waals surface area contributed by atoms with Gasteiger partial charge in [-0.2, -0.15) is 0 Å². The van der Waals surface area contributed by atoms with E-state index in [2.05, 4.69) is 4.72 Å². The second kappa shape index (κ2) is 8.19. The van der Waals surface area contributed by atoms with Gasteiger partial charge in [0.1, 0.15) is 17.2 Å². The zero-order valence-electron chi connectivity index (χ0n) is 15.7. The van der Waals surface area contributed by atoms with Crippen molar-refractivity contribution in [3.63, 3.8) is 0 Å². The van der Waals surface area contributed by atoms with Gasteiger partial charge in [-0.05, 0) is 43.3 Å². The Morgan fingerprint density at radius 2 is 1.52 bits per heavy atom. The molecule has 0 aliphatic carbocycles. The number of nitrogens with zero attached hydrogens (tertiary/aromatic N) is 1. The summed E-state index contributed by atoms with van der Waals surface area (Å²) in [5, 5.41) is 11.3. The monoisotopic (exact) mass is 414 g/mol. The SMILES string of the molecule is COc1ccc(Oc2cc(NS(=O)(=O)c3ccc(C)cc3)cc([N+](=O)[O-])c2)cc1. The maximum atomic E-state index is 12.6. The molecule has 0 aliphatic rings. The summed E-state index contributed by atoms with van der Waals surface area (Å²) < 4.78 is 38.3. The lowest BCUT2D eigenvalue weighted by atomic mass is 10.2. The number of benzene rings is 3. The van der Waals surface area contributed by atoms with Crippen LogP contribution in [0.1, 0.15) is 5.56 Å². The van der Waals surface area contributed by atoms with E-state index >= 15 is 0 Å². The van der Waals surface area contributed by atoms with Gasteiger partial charge in [0.15, 0.2) is 0 Å². The van der Waals surface area contributed by atoms with E-state index in [9.17, 15) is 18.5 Å². The highest BCUT2D eigenvalue weighted by atomic mass is 32.2. The standard InChI is InChI=1S/C20H18N2O6S/c1-14-3-9-20(10-4-14)29(25,26)21-15-11-16(22(23)24)13-19(12-15)28-18-7-5-17(27-2)6-8-18/h3-13,21H,1-2H3. The molecule has 0 radical (unpaired) electrons. The molecule has 3 aromatic carbocycles. The number of ether oxygens (including phenoxy) is 2. The molecule has 0 spiro atoms. The van der Waals surface area contributed by atoms with Gasteiger partial charge < -0.3 is 9.47 Å². The summed E-state index contributed by atoms with van der Waals surface area (Å²) in [5.41, 5.74) is 0.621. The van der Waals surface area contributed by atoms with Crippen molar-refractivity contribution in [2.24, 2.45) is 0 Å². The number of hydrogen-bond donors (Lipinski definition) is 1. The second-order valence-electron chi connectivity index (χ2n) is 6.17. The highest BCUT2D eigenvalue weighted by Gasteiger charge is 2.18. The van der Waals surface area contributed by atoms with Crippen LogP contribution in [0, 0.1) is 17.0 Å². The van der Waals surface area contributed by atoms with Crippen molar-refractivity contribution in [3.05, 3.63) is 82.4 Å². The Balaban J connectivity index is 1.91. The molecule has 3 aromatic rings. The first kappa shape index (κ1) is 20.2.